The van der Waals surface area contributed by atoms with Crippen molar-refractivity contribution in [2.24, 2.45) is 0 Å². The summed E-state index contributed by atoms with van der Waals surface area (Å²) >= 11 is 0. The third-order valence-electron chi connectivity index (χ3n) is 7.61. The Bertz CT molecular complexity index is 1810. The minimum absolute atomic E-state index is 0.0762. The average molecular weight is 568 g/mol. The molecule has 2 heterocycles. The number of aryl methyl sites for hydroxylation is 3. The van der Waals surface area contributed by atoms with Gasteiger partial charge in [-0.1, -0.05) is 122 Å². The van der Waals surface area contributed by atoms with Gasteiger partial charge in [-0.05, 0) is 62.2 Å². The maximum absolute atomic E-state index is 5.08. The Balaban J connectivity index is 0.00000180. The molecular weight excluding hydrogens is 526 g/mol. The normalized spacial score (nSPS) is 11.6. The SMILES string of the molecule is CC.CNC(Cc1ccc(C)cc1-c1cc(C)ccc1C)Nc1nc(-c2ccccc2)cc2cc(-c3ccccc3)nn12. The third kappa shape index (κ3) is 6.68. The highest BCUT2D eigenvalue weighted by Crippen LogP contribution is 2.31. The van der Waals surface area contributed by atoms with Crippen LogP contribution in [0.1, 0.15) is 36.1 Å². The van der Waals surface area contributed by atoms with Crippen molar-refractivity contribution in [3.8, 4) is 33.6 Å². The van der Waals surface area contributed by atoms with Crippen LogP contribution in [-0.2, 0) is 6.42 Å². The molecule has 0 aliphatic rings. The Kier molecular flexibility index (Phi) is 9.33. The van der Waals surface area contributed by atoms with Crippen molar-refractivity contribution in [2.45, 2.75) is 47.2 Å². The van der Waals surface area contributed by atoms with Gasteiger partial charge in [0.15, 0.2) is 0 Å². The van der Waals surface area contributed by atoms with Gasteiger partial charge in [-0.15, -0.1) is 0 Å². The van der Waals surface area contributed by atoms with Crippen LogP contribution in [-0.4, -0.2) is 27.8 Å². The molecule has 218 valence electrons. The van der Waals surface area contributed by atoms with E-state index in [1.54, 1.807) is 0 Å². The van der Waals surface area contributed by atoms with E-state index >= 15 is 0 Å². The maximum atomic E-state index is 5.08. The van der Waals surface area contributed by atoms with Gasteiger partial charge < -0.3 is 10.6 Å². The first-order chi connectivity index (χ1) is 21.0. The first kappa shape index (κ1) is 29.7. The fourth-order valence-electron chi connectivity index (χ4n) is 5.35. The van der Waals surface area contributed by atoms with E-state index in [4.69, 9.17) is 10.1 Å². The van der Waals surface area contributed by atoms with Gasteiger partial charge in [-0.2, -0.15) is 9.61 Å². The summed E-state index contributed by atoms with van der Waals surface area (Å²) in [7, 11) is 1.99. The van der Waals surface area contributed by atoms with Crippen LogP contribution in [0.5, 0.6) is 0 Å². The molecular formula is C38H41N5. The van der Waals surface area contributed by atoms with E-state index in [-0.39, 0.29) is 6.17 Å². The van der Waals surface area contributed by atoms with Crippen LogP contribution in [0.4, 0.5) is 5.95 Å². The summed E-state index contributed by atoms with van der Waals surface area (Å²) in [6.07, 6.45) is 0.693. The third-order valence-corrected chi connectivity index (χ3v) is 7.61. The van der Waals surface area contributed by atoms with Gasteiger partial charge in [0.2, 0.25) is 5.95 Å². The minimum Gasteiger partial charge on any atom is -0.338 e. The summed E-state index contributed by atoms with van der Waals surface area (Å²) < 4.78 is 1.92. The van der Waals surface area contributed by atoms with Gasteiger partial charge >= 0.3 is 0 Å². The second kappa shape index (κ2) is 13.5. The van der Waals surface area contributed by atoms with Crippen LogP contribution in [0.15, 0.2) is 109 Å². The van der Waals surface area contributed by atoms with Crippen LogP contribution in [0.25, 0.3) is 39.2 Å². The second-order valence-corrected chi connectivity index (χ2v) is 10.7. The maximum Gasteiger partial charge on any atom is 0.226 e. The van der Waals surface area contributed by atoms with Gasteiger partial charge in [0.1, 0.15) is 0 Å². The van der Waals surface area contributed by atoms with E-state index in [0.29, 0.717) is 5.95 Å². The van der Waals surface area contributed by atoms with E-state index in [0.717, 1.165) is 34.5 Å². The summed E-state index contributed by atoms with van der Waals surface area (Å²) in [5.74, 6) is 0.697. The number of anilines is 1. The smallest absolute Gasteiger partial charge is 0.226 e. The second-order valence-electron chi connectivity index (χ2n) is 10.7. The van der Waals surface area contributed by atoms with E-state index in [1.165, 1.54) is 33.4 Å². The zero-order valence-corrected chi connectivity index (χ0v) is 26.0. The molecule has 0 radical (unpaired) electrons. The van der Waals surface area contributed by atoms with Crippen molar-refractivity contribution in [3.63, 3.8) is 0 Å². The van der Waals surface area contributed by atoms with Gasteiger partial charge in [0.05, 0.1) is 23.1 Å². The number of likely N-dealkylation sites (N-methyl/N-ethyl adjacent to an activating group) is 1. The molecule has 5 nitrogen and oxygen atoms in total. The molecule has 2 aromatic heterocycles. The number of aromatic nitrogens is 3. The molecule has 0 aliphatic heterocycles. The Morgan fingerprint density at radius 1 is 0.674 bits per heavy atom. The van der Waals surface area contributed by atoms with Gasteiger partial charge in [0, 0.05) is 17.5 Å². The topological polar surface area (TPSA) is 54.2 Å². The number of benzene rings is 4. The predicted octanol–water partition coefficient (Wildman–Crippen LogP) is 8.88. The van der Waals surface area contributed by atoms with Crippen molar-refractivity contribution < 1.29 is 0 Å². The fourth-order valence-corrected chi connectivity index (χ4v) is 5.35. The Labute approximate surface area is 255 Å². The number of nitrogens with zero attached hydrogens (tertiary/aromatic N) is 3. The highest BCUT2D eigenvalue weighted by Gasteiger charge is 2.18. The van der Waals surface area contributed by atoms with Gasteiger partial charge in [-0.25, -0.2) is 4.98 Å². The molecule has 0 fully saturated rings. The summed E-state index contributed by atoms with van der Waals surface area (Å²) in [6.45, 7) is 10.5. The predicted molar refractivity (Wildman–Crippen MR) is 181 cm³/mol. The van der Waals surface area contributed by atoms with Crippen molar-refractivity contribution in [1.29, 1.82) is 0 Å². The molecule has 5 heteroatoms. The highest BCUT2D eigenvalue weighted by atomic mass is 15.3. The molecule has 0 aliphatic carbocycles. The molecule has 0 spiro atoms. The molecule has 2 N–H and O–H groups in total. The first-order valence-electron chi connectivity index (χ1n) is 15.1. The molecule has 0 saturated heterocycles. The van der Waals surface area contributed by atoms with Gasteiger partial charge in [-0.3, -0.25) is 0 Å². The Morgan fingerprint density at radius 2 is 1.26 bits per heavy atom. The number of hydrogen-bond donors (Lipinski definition) is 2. The van der Waals surface area contributed by atoms with E-state index in [9.17, 15) is 0 Å². The molecule has 4 aromatic carbocycles. The monoisotopic (exact) mass is 567 g/mol. The minimum atomic E-state index is -0.0762. The quantitative estimate of drug-likeness (QED) is 0.180. The van der Waals surface area contributed by atoms with Crippen molar-refractivity contribution in [3.05, 3.63) is 131 Å². The first-order valence-corrected chi connectivity index (χ1v) is 15.1. The lowest BCUT2D eigenvalue weighted by atomic mass is 9.91. The van der Waals surface area contributed by atoms with Crippen LogP contribution < -0.4 is 10.6 Å². The fraction of sp³-hybridized carbons (Fsp3) is 0.211. The molecule has 0 amide bonds. The largest absolute Gasteiger partial charge is 0.338 e. The lowest BCUT2D eigenvalue weighted by Crippen LogP contribution is -2.36. The highest BCUT2D eigenvalue weighted by molar-refractivity contribution is 5.74. The Morgan fingerprint density at radius 3 is 1.91 bits per heavy atom. The zero-order chi connectivity index (χ0) is 30.3. The van der Waals surface area contributed by atoms with E-state index < -0.39 is 0 Å². The number of hydrogen-bond acceptors (Lipinski definition) is 4. The van der Waals surface area contributed by atoms with Crippen molar-refractivity contribution >= 4 is 11.5 Å². The van der Waals surface area contributed by atoms with E-state index in [2.05, 4.69) is 104 Å². The van der Waals surface area contributed by atoms with Crippen molar-refractivity contribution in [2.75, 3.05) is 12.4 Å². The van der Waals surface area contributed by atoms with Crippen LogP contribution in [0.2, 0.25) is 0 Å². The number of nitrogens with one attached hydrogen (secondary N) is 2. The van der Waals surface area contributed by atoms with Crippen LogP contribution in [0.3, 0.4) is 0 Å². The molecule has 0 bridgehead atoms. The zero-order valence-electron chi connectivity index (χ0n) is 26.0. The number of rotatable bonds is 8. The van der Waals surface area contributed by atoms with E-state index in [1.807, 2.05) is 61.8 Å². The lowest BCUT2D eigenvalue weighted by molar-refractivity contribution is 0.613. The molecule has 6 aromatic rings. The average Bonchev–Trinajstić information content (AvgIpc) is 3.49. The summed E-state index contributed by atoms with van der Waals surface area (Å²) in [6, 6.07) is 38.2. The summed E-state index contributed by atoms with van der Waals surface area (Å²) in [4.78, 5) is 5.08. The van der Waals surface area contributed by atoms with Crippen molar-refractivity contribution in [1.82, 2.24) is 19.9 Å². The standard InChI is InChI=1S/C36H35N5.C2H6/c1-24-15-17-26(3)31(19-24)32-20-25(2)16-18-29(32)21-35(37-4)39-36-38-33(27-11-7-5-8-12-27)22-30-23-34(40-41(30)36)28-13-9-6-10-14-28;1-2/h5-20,22-23,35,37H,21H2,1-4H3,(H,38,39);1-2H3. The van der Waals surface area contributed by atoms with Crippen LogP contribution in [0, 0.1) is 20.8 Å². The molecule has 43 heavy (non-hydrogen) atoms. The molecule has 1 unspecified atom stereocenters. The number of fused-ring (bicyclic) bond motifs is 1. The van der Waals surface area contributed by atoms with Gasteiger partial charge in [0.25, 0.3) is 0 Å². The van der Waals surface area contributed by atoms with Crippen LogP contribution >= 0.6 is 0 Å². The summed E-state index contributed by atoms with van der Waals surface area (Å²) in [5, 5.41) is 12.2. The molecule has 1 atom stereocenters. The lowest BCUT2D eigenvalue weighted by Gasteiger charge is -2.22. The molecule has 0 saturated carbocycles. The summed E-state index contributed by atoms with van der Waals surface area (Å²) in [5.41, 5.74) is 12.6. The Hall–Kier alpha value is -4.74. The molecule has 6 rings (SSSR count).